The monoisotopic (exact) mass is 523 g/mol. The number of ketones is 1. The molecule has 6 nitrogen and oxygen atoms in total. The Balaban J connectivity index is 1.50. The van der Waals surface area contributed by atoms with Crippen molar-refractivity contribution in [3.05, 3.63) is 29.2 Å². The van der Waals surface area contributed by atoms with E-state index >= 15 is 0 Å². The van der Waals surface area contributed by atoms with E-state index in [0.717, 1.165) is 62.7 Å². The Labute approximate surface area is 226 Å². The third-order valence-corrected chi connectivity index (χ3v) is 12.9. The van der Waals surface area contributed by atoms with Crippen LogP contribution in [0.2, 0.25) is 0 Å². The van der Waals surface area contributed by atoms with Gasteiger partial charge in [0.1, 0.15) is 11.4 Å². The topological polar surface area (TPSA) is 89.6 Å². The molecule has 0 aromatic carbocycles. The highest BCUT2D eigenvalue weighted by atomic mass is 16.5. The van der Waals surface area contributed by atoms with Crippen LogP contribution in [0.5, 0.6) is 0 Å². The zero-order chi connectivity index (χ0) is 27.5. The number of ether oxygens (including phenoxy) is 1. The average molecular weight is 524 g/mol. The lowest BCUT2D eigenvalue weighted by atomic mass is 9.33. The highest BCUT2D eigenvalue weighted by Crippen LogP contribution is 2.75. The summed E-state index contributed by atoms with van der Waals surface area (Å²) >= 11 is 0. The predicted molar refractivity (Wildman–Crippen MR) is 143 cm³/mol. The van der Waals surface area contributed by atoms with Crippen molar-refractivity contribution in [2.24, 2.45) is 38.9 Å². The van der Waals surface area contributed by atoms with E-state index in [4.69, 9.17) is 9.26 Å². The number of carbonyl (C=O) groups is 2. The number of hydrogen-bond donors (Lipinski definition) is 1. The van der Waals surface area contributed by atoms with E-state index < -0.39 is 11.0 Å². The van der Waals surface area contributed by atoms with Crippen LogP contribution in [0, 0.1) is 38.9 Å². The summed E-state index contributed by atoms with van der Waals surface area (Å²) < 4.78 is 11.4. The maximum Gasteiger partial charge on any atom is 0.302 e. The molecular formula is C32H45NO5. The summed E-state index contributed by atoms with van der Waals surface area (Å²) in [5.41, 5.74) is -0.592. The first-order valence-electron chi connectivity index (χ1n) is 14.7. The van der Waals surface area contributed by atoms with Crippen molar-refractivity contribution in [1.29, 1.82) is 0 Å². The second kappa shape index (κ2) is 7.83. The van der Waals surface area contributed by atoms with Crippen LogP contribution in [0.1, 0.15) is 111 Å². The van der Waals surface area contributed by atoms with Gasteiger partial charge in [0, 0.05) is 35.2 Å². The third-order valence-electron chi connectivity index (χ3n) is 12.9. The van der Waals surface area contributed by atoms with E-state index in [1.807, 2.05) is 12.3 Å². The van der Waals surface area contributed by atoms with Gasteiger partial charge in [-0.25, -0.2) is 0 Å². The maximum absolute atomic E-state index is 14.5. The van der Waals surface area contributed by atoms with Gasteiger partial charge in [-0.15, -0.1) is 0 Å². The van der Waals surface area contributed by atoms with E-state index in [1.165, 1.54) is 12.5 Å². The molecule has 0 radical (unpaired) electrons. The molecular weight excluding hydrogens is 478 g/mol. The van der Waals surface area contributed by atoms with Crippen LogP contribution in [-0.4, -0.2) is 34.2 Å². The number of esters is 1. The number of aromatic nitrogens is 1. The molecule has 38 heavy (non-hydrogen) atoms. The molecule has 208 valence electrons. The minimum absolute atomic E-state index is 0.0106. The Morgan fingerprint density at radius 1 is 1.13 bits per heavy atom. The standard InChI is InChI=1S/C32H45NO5/c1-19-22-8-9-29(6)23(28(22,5)15-21-17-33-38-26(19)21)14-25(35)32(36)24-16-27(3,4)10-12-31(24,18-37-20(2)34)13-11-30(29,32)7/h14,17,19,22,24,36H,8-13,15-16,18H2,1-7H3/t19-,22-,24+,28-,29+,30-,31+,32+/m0/s1. The first-order chi connectivity index (χ1) is 17.6. The molecule has 0 saturated heterocycles. The number of allylic oxidation sites excluding steroid dienone is 1. The van der Waals surface area contributed by atoms with Crippen LogP contribution >= 0.6 is 0 Å². The van der Waals surface area contributed by atoms with E-state index in [9.17, 15) is 14.7 Å². The molecule has 3 saturated carbocycles. The van der Waals surface area contributed by atoms with Gasteiger partial charge in [0.15, 0.2) is 5.78 Å². The molecule has 0 amide bonds. The number of rotatable bonds is 2. The Hall–Kier alpha value is -1.95. The number of nitrogens with zero attached hydrogens (tertiary/aromatic N) is 1. The highest BCUT2D eigenvalue weighted by Gasteiger charge is 2.75. The molecule has 1 heterocycles. The zero-order valence-electron chi connectivity index (χ0n) is 24.3. The van der Waals surface area contributed by atoms with Crippen LogP contribution in [0.4, 0.5) is 0 Å². The Kier molecular flexibility index (Phi) is 5.41. The first-order valence-corrected chi connectivity index (χ1v) is 14.7. The van der Waals surface area contributed by atoms with Gasteiger partial charge in [-0.2, -0.15) is 0 Å². The Morgan fingerprint density at radius 2 is 1.84 bits per heavy atom. The van der Waals surface area contributed by atoms with Crippen molar-refractivity contribution in [1.82, 2.24) is 5.16 Å². The number of aliphatic hydroxyl groups is 1. The largest absolute Gasteiger partial charge is 0.465 e. The molecule has 6 rings (SSSR count). The Bertz CT molecular complexity index is 1230. The minimum Gasteiger partial charge on any atom is -0.465 e. The summed E-state index contributed by atoms with van der Waals surface area (Å²) in [6.07, 6.45) is 10.8. The Morgan fingerprint density at radius 3 is 2.55 bits per heavy atom. The van der Waals surface area contributed by atoms with Crippen LogP contribution in [-0.2, 0) is 20.7 Å². The predicted octanol–water partition coefficient (Wildman–Crippen LogP) is 6.17. The van der Waals surface area contributed by atoms with Crippen molar-refractivity contribution in [3.8, 4) is 0 Å². The quantitative estimate of drug-likeness (QED) is 0.466. The minimum atomic E-state index is -1.49. The summed E-state index contributed by atoms with van der Waals surface area (Å²) in [5, 5.41) is 17.1. The second-order valence-corrected chi connectivity index (χ2v) is 15.2. The number of carbonyl (C=O) groups excluding carboxylic acids is 2. The summed E-state index contributed by atoms with van der Waals surface area (Å²) in [6.45, 7) is 15.4. The van der Waals surface area contributed by atoms with E-state index in [2.05, 4.69) is 46.7 Å². The molecule has 0 spiro atoms. The van der Waals surface area contributed by atoms with Gasteiger partial charge in [-0.3, -0.25) is 9.59 Å². The summed E-state index contributed by atoms with van der Waals surface area (Å²) in [4.78, 5) is 26.4. The van der Waals surface area contributed by atoms with Crippen molar-refractivity contribution in [3.63, 3.8) is 0 Å². The van der Waals surface area contributed by atoms with Crippen LogP contribution in [0.15, 0.2) is 22.4 Å². The average Bonchev–Trinajstić information content (AvgIpc) is 3.30. The highest BCUT2D eigenvalue weighted by molar-refractivity contribution is 6.00. The molecule has 0 unspecified atom stereocenters. The van der Waals surface area contributed by atoms with Gasteiger partial charge in [-0.05, 0) is 79.6 Å². The SMILES string of the molecule is CC(=O)OC[C@]12CCC(C)(C)C[C@H]1[C@@]1(O)C(=O)C=C3[C@@]4(C)Cc5cnoc5[C@@H](C)[C@@H]4CC[C@@]3(C)[C@]1(C)CC2. The molecule has 3 fully saturated rings. The molecule has 8 atom stereocenters. The van der Waals surface area contributed by atoms with Crippen LogP contribution in [0.3, 0.4) is 0 Å². The van der Waals surface area contributed by atoms with Gasteiger partial charge in [-0.1, -0.05) is 52.3 Å². The lowest BCUT2D eigenvalue weighted by Gasteiger charge is -2.71. The number of hydrogen-bond acceptors (Lipinski definition) is 6. The van der Waals surface area contributed by atoms with E-state index in [-0.39, 0.29) is 51.9 Å². The molecule has 0 aliphatic heterocycles. The van der Waals surface area contributed by atoms with Crippen molar-refractivity contribution in [2.45, 2.75) is 111 Å². The lowest BCUT2D eigenvalue weighted by Crippen LogP contribution is -2.74. The fraction of sp³-hybridized carbons (Fsp3) is 0.781. The van der Waals surface area contributed by atoms with Gasteiger partial charge >= 0.3 is 5.97 Å². The smallest absolute Gasteiger partial charge is 0.302 e. The maximum atomic E-state index is 14.5. The molecule has 1 aromatic rings. The fourth-order valence-electron chi connectivity index (χ4n) is 10.5. The lowest BCUT2D eigenvalue weighted by molar-refractivity contribution is -0.252. The molecule has 1 aromatic heterocycles. The summed E-state index contributed by atoms with van der Waals surface area (Å²) in [5.74, 6) is 0.927. The fourth-order valence-corrected chi connectivity index (χ4v) is 10.5. The van der Waals surface area contributed by atoms with E-state index in [1.54, 1.807) is 0 Å². The molecule has 5 aliphatic carbocycles. The normalized spacial score (nSPS) is 47.0. The third kappa shape index (κ3) is 3.07. The van der Waals surface area contributed by atoms with Crippen molar-refractivity contribution < 1.29 is 24.0 Å². The first kappa shape index (κ1) is 26.3. The summed E-state index contributed by atoms with van der Waals surface area (Å²) in [6, 6.07) is 0. The van der Waals surface area contributed by atoms with Gasteiger partial charge < -0.3 is 14.4 Å². The zero-order valence-corrected chi connectivity index (χ0v) is 24.3. The molecule has 0 bridgehead atoms. The summed E-state index contributed by atoms with van der Waals surface area (Å²) in [7, 11) is 0. The molecule has 5 aliphatic rings. The van der Waals surface area contributed by atoms with Gasteiger partial charge in [0.05, 0.1) is 12.8 Å². The molecule has 1 N–H and O–H groups in total. The van der Waals surface area contributed by atoms with Gasteiger partial charge in [0.25, 0.3) is 0 Å². The van der Waals surface area contributed by atoms with Crippen molar-refractivity contribution in [2.75, 3.05) is 6.61 Å². The van der Waals surface area contributed by atoms with Crippen LogP contribution in [0.25, 0.3) is 0 Å². The number of fused-ring (bicyclic) bond motifs is 8. The van der Waals surface area contributed by atoms with E-state index in [0.29, 0.717) is 5.92 Å². The van der Waals surface area contributed by atoms with Gasteiger partial charge in [0.2, 0.25) is 0 Å². The second-order valence-electron chi connectivity index (χ2n) is 15.2. The molecule has 6 heteroatoms. The van der Waals surface area contributed by atoms with Crippen LogP contribution < -0.4 is 0 Å². The van der Waals surface area contributed by atoms with Crippen molar-refractivity contribution >= 4 is 11.8 Å².